The van der Waals surface area contributed by atoms with Crippen molar-refractivity contribution in [1.29, 1.82) is 0 Å². The summed E-state index contributed by atoms with van der Waals surface area (Å²) in [4.78, 5) is 1.81. The van der Waals surface area contributed by atoms with Crippen molar-refractivity contribution in [1.82, 2.24) is 0 Å². The molecule has 23 heavy (non-hydrogen) atoms. The Balaban J connectivity index is 2.23. The average molecular weight is 348 g/mol. The van der Waals surface area contributed by atoms with Gasteiger partial charge in [-0.1, -0.05) is 59.6 Å². The molecule has 0 radical (unpaired) electrons. The Kier molecular flexibility index (Phi) is 4.24. The van der Waals surface area contributed by atoms with E-state index in [4.69, 9.17) is 27.6 Å². The van der Waals surface area contributed by atoms with Gasteiger partial charge in [-0.05, 0) is 17.7 Å². The van der Waals surface area contributed by atoms with Crippen molar-refractivity contribution in [2.45, 2.75) is 0 Å². The number of aromatic hydroxyl groups is 1. The third kappa shape index (κ3) is 2.90. The molecule has 0 spiro atoms. The smallest absolute Gasteiger partial charge is 0.207 e. The van der Waals surface area contributed by atoms with E-state index >= 15 is 0 Å². The minimum absolute atomic E-state index is 0.0817. The fourth-order valence-corrected chi connectivity index (χ4v) is 2.72. The average Bonchev–Trinajstić information content (AvgIpc) is 2.89. The lowest BCUT2D eigenvalue weighted by Gasteiger charge is -2.11. The normalized spacial score (nSPS) is 10.8. The molecule has 3 rings (SSSR count). The van der Waals surface area contributed by atoms with Crippen LogP contribution < -0.4 is 4.90 Å². The lowest BCUT2D eigenvalue weighted by atomic mass is 10.0. The second kappa shape index (κ2) is 6.19. The van der Waals surface area contributed by atoms with Crippen LogP contribution in [-0.4, -0.2) is 19.2 Å². The fourth-order valence-electron chi connectivity index (χ4n) is 2.42. The van der Waals surface area contributed by atoms with Crippen molar-refractivity contribution < 1.29 is 9.52 Å². The molecule has 1 heterocycles. The van der Waals surface area contributed by atoms with E-state index in [2.05, 4.69) is 0 Å². The molecule has 0 bridgehead atoms. The van der Waals surface area contributed by atoms with Gasteiger partial charge < -0.3 is 14.4 Å². The molecule has 0 amide bonds. The first-order valence-electron chi connectivity index (χ1n) is 7.03. The van der Waals surface area contributed by atoms with E-state index < -0.39 is 0 Å². The lowest BCUT2D eigenvalue weighted by Crippen LogP contribution is -2.08. The van der Waals surface area contributed by atoms with Crippen molar-refractivity contribution in [3.63, 3.8) is 0 Å². The van der Waals surface area contributed by atoms with Gasteiger partial charge in [-0.3, -0.25) is 0 Å². The van der Waals surface area contributed by atoms with E-state index in [-0.39, 0.29) is 5.75 Å². The standard InChI is InChI=1S/C18H15Cl2NO2/c1-21(2)18-15(12-8-9-13(19)14(20)10-12)16(22)17(23-18)11-6-4-3-5-7-11/h3-10,22H,1-2H3. The second-order valence-corrected chi connectivity index (χ2v) is 6.16. The number of furan rings is 1. The van der Waals surface area contributed by atoms with E-state index in [9.17, 15) is 5.11 Å². The molecule has 0 saturated carbocycles. The summed E-state index contributed by atoms with van der Waals surface area (Å²) in [6.45, 7) is 0. The van der Waals surface area contributed by atoms with Crippen LogP contribution in [0.25, 0.3) is 22.5 Å². The van der Waals surface area contributed by atoms with Crippen molar-refractivity contribution in [3.8, 4) is 28.2 Å². The van der Waals surface area contributed by atoms with Crippen LogP contribution in [-0.2, 0) is 0 Å². The number of rotatable bonds is 3. The largest absolute Gasteiger partial charge is 0.504 e. The van der Waals surface area contributed by atoms with Gasteiger partial charge >= 0.3 is 0 Å². The van der Waals surface area contributed by atoms with Crippen LogP contribution in [0, 0.1) is 0 Å². The quantitative estimate of drug-likeness (QED) is 0.660. The zero-order chi connectivity index (χ0) is 16.6. The van der Waals surface area contributed by atoms with Gasteiger partial charge in [0.1, 0.15) is 0 Å². The van der Waals surface area contributed by atoms with Gasteiger partial charge in [-0.2, -0.15) is 0 Å². The zero-order valence-electron chi connectivity index (χ0n) is 12.7. The van der Waals surface area contributed by atoms with Gasteiger partial charge in [0.05, 0.1) is 15.6 Å². The highest BCUT2D eigenvalue weighted by Crippen LogP contribution is 2.47. The van der Waals surface area contributed by atoms with Crippen LogP contribution in [0.4, 0.5) is 5.88 Å². The Morgan fingerprint density at radius 1 is 0.913 bits per heavy atom. The molecule has 0 unspecified atom stereocenters. The summed E-state index contributed by atoms with van der Waals surface area (Å²) in [5.41, 5.74) is 2.14. The van der Waals surface area contributed by atoms with Crippen LogP contribution in [0.5, 0.6) is 5.75 Å². The highest BCUT2D eigenvalue weighted by Gasteiger charge is 2.24. The maximum Gasteiger partial charge on any atom is 0.207 e. The molecule has 1 aromatic heterocycles. The van der Waals surface area contributed by atoms with Crippen LogP contribution >= 0.6 is 23.2 Å². The van der Waals surface area contributed by atoms with Gasteiger partial charge in [0.25, 0.3) is 0 Å². The first-order chi connectivity index (χ1) is 11.0. The Morgan fingerprint density at radius 3 is 2.22 bits per heavy atom. The number of anilines is 1. The minimum atomic E-state index is 0.0817. The molecule has 5 heteroatoms. The molecular weight excluding hydrogens is 333 g/mol. The Labute approximate surface area is 144 Å². The molecule has 118 valence electrons. The van der Waals surface area contributed by atoms with Crippen LogP contribution in [0.3, 0.4) is 0 Å². The van der Waals surface area contributed by atoms with Crippen LogP contribution in [0.1, 0.15) is 0 Å². The van der Waals surface area contributed by atoms with Gasteiger partial charge in [-0.25, -0.2) is 0 Å². The monoisotopic (exact) mass is 347 g/mol. The molecule has 0 atom stereocenters. The predicted octanol–water partition coefficient (Wildman–Crippen LogP) is 5.69. The molecule has 3 nitrogen and oxygen atoms in total. The maximum absolute atomic E-state index is 10.7. The van der Waals surface area contributed by atoms with Gasteiger partial charge in [0, 0.05) is 19.7 Å². The Bertz CT molecular complexity index is 842. The van der Waals surface area contributed by atoms with Crippen LogP contribution in [0.15, 0.2) is 52.9 Å². The van der Waals surface area contributed by atoms with E-state index in [1.807, 2.05) is 49.3 Å². The number of halogens is 2. The van der Waals surface area contributed by atoms with Gasteiger partial charge in [0.15, 0.2) is 11.5 Å². The highest BCUT2D eigenvalue weighted by atomic mass is 35.5. The minimum Gasteiger partial charge on any atom is -0.504 e. The molecule has 2 aromatic carbocycles. The molecule has 0 aliphatic carbocycles. The van der Waals surface area contributed by atoms with Gasteiger partial charge in [-0.15, -0.1) is 0 Å². The molecule has 1 N–H and O–H groups in total. The first kappa shape index (κ1) is 15.8. The van der Waals surface area contributed by atoms with Crippen LogP contribution in [0.2, 0.25) is 10.0 Å². The second-order valence-electron chi connectivity index (χ2n) is 5.35. The number of hydrogen-bond donors (Lipinski definition) is 1. The van der Waals surface area contributed by atoms with E-state index in [0.717, 1.165) is 11.1 Å². The summed E-state index contributed by atoms with van der Waals surface area (Å²) in [6.07, 6.45) is 0. The summed E-state index contributed by atoms with van der Waals surface area (Å²) in [5.74, 6) is 1.06. The Hall–Kier alpha value is -2.10. The number of nitrogens with zero attached hydrogens (tertiary/aromatic N) is 1. The molecule has 0 aliphatic heterocycles. The maximum atomic E-state index is 10.7. The van der Waals surface area contributed by atoms with Crippen molar-refractivity contribution in [2.75, 3.05) is 19.0 Å². The van der Waals surface area contributed by atoms with E-state index in [1.54, 1.807) is 18.2 Å². The van der Waals surface area contributed by atoms with E-state index in [0.29, 0.717) is 27.3 Å². The van der Waals surface area contributed by atoms with E-state index in [1.165, 1.54) is 0 Å². The molecular formula is C18H15Cl2NO2. The lowest BCUT2D eigenvalue weighted by molar-refractivity contribution is 0.466. The summed E-state index contributed by atoms with van der Waals surface area (Å²) in [7, 11) is 3.71. The molecule has 0 aliphatic rings. The van der Waals surface area contributed by atoms with Gasteiger partial charge in [0.2, 0.25) is 5.88 Å². The number of hydrogen-bond acceptors (Lipinski definition) is 3. The van der Waals surface area contributed by atoms with Crippen molar-refractivity contribution >= 4 is 29.1 Å². The molecule has 0 fully saturated rings. The highest BCUT2D eigenvalue weighted by molar-refractivity contribution is 6.42. The predicted molar refractivity (Wildman–Crippen MR) is 95.6 cm³/mol. The topological polar surface area (TPSA) is 36.6 Å². The first-order valence-corrected chi connectivity index (χ1v) is 7.78. The summed E-state index contributed by atoms with van der Waals surface area (Å²) in [5, 5.41) is 11.6. The van der Waals surface area contributed by atoms with Crippen molar-refractivity contribution in [3.05, 3.63) is 58.6 Å². The third-order valence-electron chi connectivity index (χ3n) is 3.51. The molecule has 0 saturated heterocycles. The third-order valence-corrected chi connectivity index (χ3v) is 4.25. The summed E-state index contributed by atoms with van der Waals surface area (Å²) < 4.78 is 5.92. The Morgan fingerprint density at radius 2 is 1.61 bits per heavy atom. The molecule has 3 aromatic rings. The fraction of sp³-hybridized carbons (Fsp3) is 0.111. The summed E-state index contributed by atoms with van der Waals surface area (Å²) in [6, 6.07) is 14.7. The summed E-state index contributed by atoms with van der Waals surface area (Å²) >= 11 is 12.1. The zero-order valence-corrected chi connectivity index (χ0v) is 14.2. The SMILES string of the molecule is CN(C)c1oc(-c2ccccc2)c(O)c1-c1ccc(Cl)c(Cl)c1. The number of benzene rings is 2. The van der Waals surface area contributed by atoms with Crippen molar-refractivity contribution in [2.24, 2.45) is 0 Å².